The number of para-hydroxylation sites is 2. The van der Waals surface area contributed by atoms with Crippen LogP contribution in [0.2, 0.25) is 0 Å². The molecule has 9 aromatic carbocycles. The third-order valence-corrected chi connectivity index (χ3v) is 12.0. The van der Waals surface area contributed by atoms with Crippen molar-refractivity contribution < 1.29 is 0 Å². The van der Waals surface area contributed by atoms with E-state index in [1.165, 1.54) is 22.1 Å². The van der Waals surface area contributed by atoms with Crippen LogP contribution in [0.25, 0.3) is 111 Å². The summed E-state index contributed by atoms with van der Waals surface area (Å²) >= 11 is 0. The zero-order valence-electron chi connectivity index (χ0n) is 33.6. The summed E-state index contributed by atoms with van der Waals surface area (Å²) in [6.07, 6.45) is 0. The Morgan fingerprint density at radius 2 is 0.710 bits per heavy atom. The quantitative estimate of drug-likeness (QED) is 0.162. The number of rotatable bonds is 7. The van der Waals surface area contributed by atoms with Crippen molar-refractivity contribution in [1.29, 1.82) is 0 Å². The van der Waals surface area contributed by atoms with E-state index in [-0.39, 0.29) is 0 Å². The summed E-state index contributed by atoms with van der Waals surface area (Å²) in [5.74, 6) is 1.79. The fourth-order valence-electron chi connectivity index (χ4n) is 9.13. The van der Waals surface area contributed by atoms with Crippen molar-refractivity contribution in [3.8, 4) is 67.8 Å². The molecule has 3 aromatic heterocycles. The fraction of sp³-hybridized carbons (Fsp3) is 0. The van der Waals surface area contributed by atoms with Crippen molar-refractivity contribution in [2.45, 2.75) is 0 Å². The molecule has 0 saturated carbocycles. The van der Waals surface area contributed by atoms with Crippen LogP contribution in [0.3, 0.4) is 0 Å². The molecule has 0 amide bonds. The maximum atomic E-state index is 5.32. The molecule has 0 aliphatic heterocycles. The highest BCUT2D eigenvalue weighted by Gasteiger charge is 2.25. The Morgan fingerprint density at radius 3 is 1.27 bits per heavy atom. The van der Waals surface area contributed by atoms with Gasteiger partial charge in [0.25, 0.3) is 0 Å². The average Bonchev–Trinajstić information content (AvgIpc) is 3.88. The smallest absolute Gasteiger partial charge is 0.238 e. The molecule has 12 aromatic rings. The minimum absolute atomic E-state index is 0.559. The number of fused-ring (bicyclic) bond motifs is 7. The highest BCUT2D eigenvalue weighted by Crippen LogP contribution is 2.44. The van der Waals surface area contributed by atoms with Gasteiger partial charge in [0.15, 0.2) is 11.6 Å². The zero-order chi connectivity index (χ0) is 41.0. The Balaban J connectivity index is 1.21. The van der Waals surface area contributed by atoms with E-state index >= 15 is 0 Å². The average molecular weight is 792 g/mol. The second-order valence-electron chi connectivity index (χ2n) is 15.6. The molecule has 0 bridgehead atoms. The molecule has 0 N–H and O–H groups in total. The van der Waals surface area contributed by atoms with Gasteiger partial charge in [0.2, 0.25) is 5.95 Å². The third kappa shape index (κ3) is 5.90. The van der Waals surface area contributed by atoms with Crippen LogP contribution in [-0.2, 0) is 0 Å². The van der Waals surface area contributed by atoms with Crippen LogP contribution in [0.15, 0.2) is 224 Å². The second-order valence-corrected chi connectivity index (χ2v) is 15.6. The predicted molar refractivity (Wildman–Crippen MR) is 256 cm³/mol. The van der Waals surface area contributed by atoms with Crippen LogP contribution in [0, 0.1) is 0 Å². The summed E-state index contributed by atoms with van der Waals surface area (Å²) in [4.78, 5) is 15.7. The molecule has 0 aliphatic rings. The first-order valence-corrected chi connectivity index (χ1v) is 21.0. The molecule has 0 spiro atoms. The van der Waals surface area contributed by atoms with E-state index in [4.69, 9.17) is 15.0 Å². The van der Waals surface area contributed by atoms with Crippen LogP contribution in [0.1, 0.15) is 0 Å². The molecule has 62 heavy (non-hydrogen) atoms. The lowest BCUT2D eigenvalue weighted by molar-refractivity contribution is 0.953. The van der Waals surface area contributed by atoms with Gasteiger partial charge in [-0.3, -0.25) is 4.57 Å². The molecule has 0 radical (unpaired) electrons. The lowest BCUT2D eigenvalue weighted by Gasteiger charge is -2.18. The summed E-state index contributed by atoms with van der Waals surface area (Å²) in [7, 11) is 0. The van der Waals surface area contributed by atoms with E-state index < -0.39 is 0 Å². The molecule has 0 fully saturated rings. The van der Waals surface area contributed by atoms with E-state index in [1.807, 2.05) is 36.4 Å². The monoisotopic (exact) mass is 791 g/mol. The van der Waals surface area contributed by atoms with Crippen LogP contribution in [0.5, 0.6) is 0 Å². The van der Waals surface area contributed by atoms with Crippen molar-refractivity contribution in [3.63, 3.8) is 0 Å². The zero-order valence-corrected chi connectivity index (χ0v) is 33.6. The fourth-order valence-corrected chi connectivity index (χ4v) is 9.13. The van der Waals surface area contributed by atoms with Crippen LogP contribution in [-0.4, -0.2) is 24.1 Å². The minimum Gasteiger partial charge on any atom is -0.307 e. The maximum Gasteiger partial charge on any atom is 0.238 e. The minimum atomic E-state index is 0.559. The SMILES string of the molecule is c1ccc(-c2cccc(-c3cc(-c4ccccc4)ccc3-n3c4ccccc4c4ccc5c6ccccc6n(-c6nc(-c7ccccc7)nc(-c7ccccc7)n6)c5c43)c2)cc1. The molecule has 0 saturated heterocycles. The van der Waals surface area contributed by atoms with Gasteiger partial charge in [0, 0.05) is 38.2 Å². The molecule has 12 rings (SSSR count). The van der Waals surface area contributed by atoms with Gasteiger partial charge in [-0.25, -0.2) is 4.98 Å². The van der Waals surface area contributed by atoms with E-state index in [2.05, 4.69) is 197 Å². The number of benzene rings is 9. The molecular formula is C57H37N5. The molecule has 5 nitrogen and oxygen atoms in total. The van der Waals surface area contributed by atoms with Crippen molar-refractivity contribution in [3.05, 3.63) is 224 Å². The lowest BCUT2D eigenvalue weighted by atomic mass is 9.94. The summed E-state index contributed by atoms with van der Waals surface area (Å²) in [6, 6.07) is 79.4. The van der Waals surface area contributed by atoms with Crippen molar-refractivity contribution in [2.24, 2.45) is 0 Å². The number of aromatic nitrogens is 5. The molecule has 5 heteroatoms. The van der Waals surface area contributed by atoms with Crippen LogP contribution < -0.4 is 0 Å². The van der Waals surface area contributed by atoms with Gasteiger partial charge in [-0.15, -0.1) is 0 Å². The maximum absolute atomic E-state index is 5.32. The first-order valence-electron chi connectivity index (χ1n) is 21.0. The Kier molecular flexibility index (Phi) is 8.42. The Morgan fingerprint density at radius 1 is 0.274 bits per heavy atom. The first kappa shape index (κ1) is 35.5. The van der Waals surface area contributed by atoms with E-state index in [1.54, 1.807) is 0 Å². The number of nitrogens with zero attached hydrogens (tertiary/aromatic N) is 5. The van der Waals surface area contributed by atoms with Gasteiger partial charge in [-0.2, -0.15) is 9.97 Å². The van der Waals surface area contributed by atoms with Crippen LogP contribution >= 0.6 is 0 Å². The van der Waals surface area contributed by atoms with Gasteiger partial charge >= 0.3 is 0 Å². The van der Waals surface area contributed by atoms with E-state index in [0.717, 1.165) is 71.7 Å². The summed E-state index contributed by atoms with van der Waals surface area (Å²) in [5.41, 5.74) is 14.1. The van der Waals surface area contributed by atoms with Crippen LogP contribution in [0.4, 0.5) is 0 Å². The van der Waals surface area contributed by atoms with E-state index in [9.17, 15) is 0 Å². The molecule has 0 atom stereocenters. The second kappa shape index (κ2) is 14.7. The third-order valence-electron chi connectivity index (χ3n) is 12.0. The Labute approximate surface area is 358 Å². The van der Waals surface area contributed by atoms with E-state index in [0.29, 0.717) is 17.6 Å². The molecule has 290 valence electrons. The topological polar surface area (TPSA) is 48.5 Å². The largest absolute Gasteiger partial charge is 0.307 e. The highest BCUT2D eigenvalue weighted by atomic mass is 15.2. The summed E-state index contributed by atoms with van der Waals surface area (Å²) in [5, 5.41) is 4.56. The van der Waals surface area contributed by atoms with Gasteiger partial charge in [-0.1, -0.05) is 194 Å². The van der Waals surface area contributed by atoms with Crippen molar-refractivity contribution in [2.75, 3.05) is 0 Å². The van der Waals surface area contributed by atoms with Gasteiger partial charge in [-0.05, 0) is 58.1 Å². The molecule has 0 unspecified atom stereocenters. The number of hydrogen-bond acceptors (Lipinski definition) is 3. The van der Waals surface area contributed by atoms with Crippen molar-refractivity contribution >= 4 is 43.6 Å². The number of hydrogen-bond donors (Lipinski definition) is 0. The predicted octanol–water partition coefficient (Wildman–Crippen LogP) is 14.4. The highest BCUT2D eigenvalue weighted by molar-refractivity contribution is 6.24. The lowest BCUT2D eigenvalue weighted by Crippen LogP contribution is -2.07. The summed E-state index contributed by atoms with van der Waals surface area (Å²) in [6.45, 7) is 0. The van der Waals surface area contributed by atoms with Crippen molar-refractivity contribution in [1.82, 2.24) is 24.1 Å². The Hall–Kier alpha value is -8.41. The van der Waals surface area contributed by atoms with Gasteiger partial charge < -0.3 is 4.57 Å². The Bertz CT molecular complexity index is 3550. The van der Waals surface area contributed by atoms with Gasteiger partial charge in [0.1, 0.15) is 0 Å². The molecule has 0 aliphatic carbocycles. The normalized spacial score (nSPS) is 11.5. The summed E-state index contributed by atoms with van der Waals surface area (Å²) < 4.78 is 4.73. The molecular weight excluding hydrogens is 755 g/mol. The van der Waals surface area contributed by atoms with Gasteiger partial charge in [0.05, 0.1) is 27.8 Å². The molecule has 3 heterocycles. The first-order chi connectivity index (χ1) is 30.8. The standard InChI is InChI=1S/C57H37N5/c1-5-18-38(19-6-1)42-26-17-27-44(36-42)49-37-43(39-20-7-2-8-21-39)32-35-52(49)61-50-30-15-13-28-45(50)47-33-34-48-46-29-14-16-31-51(46)62(54(48)53(47)61)57-59-55(40-22-9-3-10-23-40)58-56(60-57)41-24-11-4-12-25-41/h1-37H.